The number of carbonyl (C=O) groups is 2. The molecule has 1 fully saturated rings. The van der Waals surface area contributed by atoms with E-state index < -0.39 is 29.2 Å². The Morgan fingerprint density at radius 3 is 2.45 bits per heavy atom. The number of rotatable bonds is 5. The molecule has 0 unspecified atom stereocenters. The molecule has 1 aromatic carbocycles. The Morgan fingerprint density at radius 2 is 1.97 bits per heavy atom. The summed E-state index contributed by atoms with van der Waals surface area (Å²) in [7, 11) is 1.21. The van der Waals surface area contributed by atoms with Crippen molar-refractivity contribution in [2.75, 3.05) is 7.11 Å². The van der Waals surface area contributed by atoms with Crippen LogP contribution >= 0.6 is 0 Å². The van der Waals surface area contributed by atoms with Crippen LogP contribution in [0.25, 0.3) is 0 Å². The smallest absolute Gasteiger partial charge is 0.417 e. The summed E-state index contributed by atoms with van der Waals surface area (Å²) in [6.07, 6.45) is -2.29. The molecular formula is C20H21F3N2O4. The summed E-state index contributed by atoms with van der Waals surface area (Å²) in [6, 6.07) is 3.47. The number of hydrogen-bond donors (Lipinski definition) is 1. The number of methoxy groups -OCH3 is 1. The highest BCUT2D eigenvalue weighted by molar-refractivity contribution is 5.90. The lowest BCUT2D eigenvalue weighted by molar-refractivity contribution is -0.138. The molecule has 0 bridgehead atoms. The number of aromatic carboxylic acids is 1. The maximum absolute atomic E-state index is 13.7. The number of carboxylic acid groups (broad SMARTS) is 1. The minimum Gasteiger partial charge on any atom is -0.478 e. The fraction of sp³-hybridized carbons (Fsp3) is 0.450. The standard InChI is InChI=1S/C20H21F3N2O4/c1-11-15(17(28)29-3)24-18(19(2)8-5-9-19)25(11)10-12-6-4-7-13(16(26)27)14(12)20(21,22)23/h4,6-7H,5,8-10H2,1-3H3,(H,26,27). The molecule has 1 aliphatic rings. The van der Waals surface area contributed by atoms with Crippen LogP contribution in [0.4, 0.5) is 13.2 Å². The van der Waals surface area contributed by atoms with Gasteiger partial charge >= 0.3 is 18.1 Å². The van der Waals surface area contributed by atoms with Crippen LogP contribution in [0, 0.1) is 6.92 Å². The maximum atomic E-state index is 13.7. The van der Waals surface area contributed by atoms with Crippen molar-refractivity contribution in [3.8, 4) is 0 Å². The number of carbonyl (C=O) groups excluding carboxylic acids is 1. The minimum absolute atomic E-state index is 0.0542. The van der Waals surface area contributed by atoms with E-state index in [9.17, 15) is 27.9 Å². The van der Waals surface area contributed by atoms with Gasteiger partial charge in [0.05, 0.1) is 18.2 Å². The Labute approximate surface area is 165 Å². The van der Waals surface area contributed by atoms with Crippen LogP contribution in [0.1, 0.15) is 69.7 Å². The molecule has 0 radical (unpaired) electrons. The monoisotopic (exact) mass is 410 g/mol. The predicted octanol–water partition coefficient (Wildman–Crippen LogP) is 4.19. The molecule has 156 valence electrons. The second kappa shape index (κ2) is 7.20. The Kier molecular flexibility index (Phi) is 5.19. The van der Waals surface area contributed by atoms with E-state index in [2.05, 4.69) is 4.98 Å². The lowest BCUT2D eigenvalue weighted by Gasteiger charge is -2.38. The second-order valence-electron chi connectivity index (χ2n) is 7.50. The van der Waals surface area contributed by atoms with Crippen molar-refractivity contribution in [3.63, 3.8) is 0 Å². The first-order chi connectivity index (χ1) is 13.5. The summed E-state index contributed by atoms with van der Waals surface area (Å²) in [5, 5.41) is 9.23. The van der Waals surface area contributed by atoms with Crippen molar-refractivity contribution in [1.82, 2.24) is 9.55 Å². The van der Waals surface area contributed by atoms with Crippen molar-refractivity contribution < 1.29 is 32.6 Å². The van der Waals surface area contributed by atoms with Gasteiger partial charge in [0.1, 0.15) is 5.82 Å². The van der Waals surface area contributed by atoms with E-state index in [-0.39, 0.29) is 23.2 Å². The molecule has 0 atom stereocenters. The molecule has 1 heterocycles. The number of benzene rings is 1. The number of aromatic nitrogens is 2. The molecule has 1 aliphatic carbocycles. The van der Waals surface area contributed by atoms with Gasteiger partial charge in [0.25, 0.3) is 0 Å². The van der Waals surface area contributed by atoms with E-state index in [0.29, 0.717) is 11.5 Å². The fourth-order valence-electron chi connectivity index (χ4n) is 3.82. The minimum atomic E-state index is -4.84. The van der Waals surface area contributed by atoms with E-state index in [0.717, 1.165) is 25.3 Å². The van der Waals surface area contributed by atoms with Gasteiger partial charge in [-0.2, -0.15) is 13.2 Å². The highest BCUT2D eigenvalue weighted by Crippen LogP contribution is 2.44. The van der Waals surface area contributed by atoms with E-state index >= 15 is 0 Å². The Balaban J connectivity index is 2.19. The number of carboxylic acids is 1. The first-order valence-corrected chi connectivity index (χ1v) is 9.08. The van der Waals surface area contributed by atoms with Gasteiger partial charge in [0, 0.05) is 17.7 Å². The third-order valence-electron chi connectivity index (χ3n) is 5.59. The number of hydrogen-bond acceptors (Lipinski definition) is 4. The van der Waals surface area contributed by atoms with Crippen molar-refractivity contribution >= 4 is 11.9 Å². The number of nitrogens with zero attached hydrogens (tertiary/aromatic N) is 2. The molecule has 0 amide bonds. The second-order valence-corrected chi connectivity index (χ2v) is 7.50. The zero-order valence-electron chi connectivity index (χ0n) is 16.3. The average Bonchev–Trinajstić information content (AvgIpc) is 2.95. The summed E-state index contributed by atoms with van der Waals surface area (Å²) in [4.78, 5) is 27.9. The molecule has 29 heavy (non-hydrogen) atoms. The van der Waals surface area contributed by atoms with Crippen LogP contribution in [0.5, 0.6) is 0 Å². The molecule has 1 aromatic heterocycles. The van der Waals surface area contributed by atoms with Crippen molar-refractivity contribution in [3.05, 3.63) is 52.1 Å². The van der Waals surface area contributed by atoms with Gasteiger partial charge in [-0.3, -0.25) is 0 Å². The van der Waals surface area contributed by atoms with Crippen LogP contribution in [-0.4, -0.2) is 33.7 Å². The highest BCUT2D eigenvalue weighted by Gasteiger charge is 2.41. The zero-order valence-corrected chi connectivity index (χ0v) is 16.3. The summed E-state index contributed by atoms with van der Waals surface area (Å²) < 4.78 is 47.5. The summed E-state index contributed by atoms with van der Waals surface area (Å²) in [5.74, 6) is -1.81. The third kappa shape index (κ3) is 3.61. The first-order valence-electron chi connectivity index (χ1n) is 9.08. The lowest BCUT2D eigenvalue weighted by atomic mass is 9.70. The van der Waals surface area contributed by atoms with Crippen molar-refractivity contribution in [2.24, 2.45) is 0 Å². The van der Waals surface area contributed by atoms with Gasteiger partial charge in [0.2, 0.25) is 0 Å². The van der Waals surface area contributed by atoms with Crippen LogP contribution in [0.2, 0.25) is 0 Å². The van der Waals surface area contributed by atoms with Gasteiger partial charge in [-0.25, -0.2) is 14.6 Å². The van der Waals surface area contributed by atoms with Crippen LogP contribution < -0.4 is 0 Å². The van der Waals surface area contributed by atoms with E-state index in [4.69, 9.17) is 4.74 Å². The average molecular weight is 410 g/mol. The quantitative estimate of drug-likeness (QED) is 0.748. The van der Waals surface area contributed by atoms with Crippen LogP contribution in [0.15, 0.2) is 18.2 Å². The predicted molar refractivity (Wildman–Crippen MR) is 97.0 cm³/mol. The molecular weight excluding hydrogens is 389 g/mol. The molecule has 3 rings (SSSR count). The van der Waals surface area contributed by atoms with Crippen molar-refractivity contribution in [2.45, 2.75) is 51.2 Å². The number of alkyl halides is 3. The number of ether oxygens (including phenoxy) is 1. The zero-order chi connectivity index (χ0) is 21.6. The molecule has 0 saturated heterocycles. The van der Waals surface area contributed by atoms with Gasteiger partial charge in [-0.05, 0) is 31.4 Å². The molecule has 9 heteroatoms. The van der Waals surface area contributed by atoms with Gasteiger partial charge < -0.3 is 14.4 Å². The first kappa shape index (κ1) is 20.9. The largest absolute Gasteiger partial charge is 0.478 e. The number of esters is 1. The highest BCUT2D eigenvalue weighted by atomic mass is 19.4. The summed E-state index contributed by atoms with van der Waals surface area (Å²) in [5.41, 5.74) is -2.12. The van der Waals surface area contributed by atoms with Gasteiger partial charge in [-0.15, -0.1) is 0 Å². The molecule has 0 spiro atoms. The molecule has 6 nitrogen and oxygen atoms in total. The SMILES string of the molecule is COC(=O)c1nc(C2(C)CCC2)n(Cc2cccc(C(=O)O)c2C(F)(F)F)c1C. The Morgan fingerprint density at radius 1 is 1.31 bits per heavy atom. The summed E-state index contributed by atoms with van der Waals surface area (Å²) in [6.45, 7) is 3.30. The lowest BCUT2D eigenvalue weighted by Crippen LogP contribution is -2.34. The molecule has 2 aromatic rings. The molecule has 1 N–H and O–H groups in total. The maximum Gasteiger partial charge on any atom is 0.417 e. The Bertz CT molecular complexity index is 975. The van der Waals surface area contributed by atoms with Gasteiger partial charge in [0.15, 0.2) is 5.69 Å². The Hall–Kier alpha value is -2.84. The fourth-order valence-corrected chi connectivity index (χ4v) is 3.82. The van der Waals surface area contributed by atoms with E-state index in [1.54, 1.807) is 11.5 Å². The third-order valence-corrected chi connectivity index (χ3v) is 5.59. The summed E-state index contributed by atoms with van der Waals surface area (Å²) >= 11 is 0. The van der Waals surface area contributed by atoms with Crippen LogP contribution in [-0.2, 0) is 22.9 Å². The molecule has 0 aliphatic heterocycles. The topological polar surface area (TPSA) is 81.4 Å². The normalized spacial score (nSPS) is 15.7. The molecule has 1 saturated carbocycles. The van der Waals surface area contributed by atoms with E-state index in [1.807, 2.05) is 6.92 Å². The number of halogens is 3. The van der Waals surface area contributed by atoms with Crippen molar-refractivity contribution in [1.29, 1.82) is 0 Å². The van der Waals surface area contributed by atoms with Crippen LogP contribution in [0.3, 0.4) is 0 Å². The number of imidazole rings is 1. The van der Waals surface area contributed by atoms with Gasteiger partial charge in [-0.1, -0.05) is 25.5 Å². The van der Waals surface area contributed by atoms with E-state index in [1.165, 1.54) is 19.2 Å².